The Bertz CT molecular complexity index is 633. The minimum Gasteiger partial charge on any atom is -0.378 e. The van der Waals surface area contributed by atoms with Gasteiger partial charge in [0.2, 0.25) is 0 Å². The molecule has 1 N–H and O–H groups in total. The van der Waals surface area contributed by atoms with Crippen molar-refractivity contribution in [3.63, 3.8) is 0 Å². The Hall–Kier alpha value is -1.85. The maximum atomic E-state index is 12.3. The second kappa shape index (κ2) is 6.28. The predicted octanol–water partition coefficient (Wildman–Crippen LogP) is 3.15. The van der Waals surface area contributed by atoms with E-state index in [-0.39, 0.29) is 5.91 Å². The lowest BCUT2D eigenvalue weighted by Crippen LogP contribution is -2.36. The van der Waals surface area contributed by atoms with Gasteiger partial charge in [-0.1, -0.05) is 12.1 Å². The summed E-state index contributed by atoms with van der Waals surface area (Å²) in [6.07, 6.45) is 0. The van der Waals surface area contributed by atoms with Crippen molar-refractivity contribution in [2.45, 2.75) is 6.92 Å². The molecule has 0 bridgehead atoms. The molecule has 2 aromatic rings. The van der Waals surface area contributed by atoms with E-state index in [2.05, 4.69) is 10.2 Å². The molecule has 0 radical (unpaired) electrons. The number of carbonyl (C=O) groups excluding carboxylic acids is 1. The van der Waals surface area contributed by atoms with Crippen LogP contribution < -0.4 is 10.2 Å². The molecule has 0 atom stereocenters. The van der Waals surface area contributed by atoms with E-state index in [4.69, 9.17) is 4.74 Å². The zero-order chi connectivity index (χ0) is 14.7. The number of morpholine rings is 1. The number of thiophene rings is 1. The Balaban J connectivity index is 1.80. The summed E-state index contributed by atoms with van der Waals surface area (Å²) in [7, 11) is 0. The Kier molecular flexibility index (Phi) is 4.22. The summed E-state index contributed by atoms with van der Waals surface area (Å²) in [6.45, 7) is 5.16. The van der Waals surface area contributed by atoms with Crippen molar-refractivity contribution < 1.29 is 9.53 Å². The molecule has 21 heavy (non-hydrogen) atoms. The number of carbonyl (C=O) groups is 1. The van der Waals surface area contributed by atoms with Crippen LogP contribution in [0.2, 0.25) is 0 Å². The van der Waals surface area contributed by atoms with E-state index in [1.807, 2.05) is 42.6 Å². The normalized spacial score (nSPS) is 15.0. The first-order chi connectivity index (χ1) is 10.2. The van der Waals surface area contributed by atoms with Crippen molar-refractivity contribution in [3.05, 3.63) is 46.2 Å². The Labute approximate surface area is 128 Å². The highest BCUT2D eigenvalue weighted by Gasteiger charge is 2.16. The van der Waals surface area contributed by atoms with Gasteiger partial charge < -0.3 is 15.0 Å². The van der Waals surface area contributed by atoms with E-state index in [0.29, 0.717) is 0 Å². The van der Waals surface area contributed by atoms with Crippen molar-refractivity contribution in [1.29, 1.82) is 0 Å². The highest BCUT2D eigenvalue weighted by molar-refractivity contribution is 7.12. The molecule has 110 valence electrons. The molecule has 3 rings (SSSR count). The summed E-state index contributed by atoms with van der Waals surface area (Å²) in [5.74, 6) is -0.0474. The van der Waals surface area contributed by atoms with Gasteiger partial charge >= 0.3 is 0 Å². The summed E-state index contributed by atoms with van der Waals surface area (Å²) in [5.41, 5.74) is 3.03. The van der Waals surface area contributed by atoms with Crippen molar-refractivity contribution >= 4 is 28.6 Å². The molecule has 0 saturated carbocycles. The van der Waals surface area contributed by atoms with E-state index in [9.17, 15) is 4.79 Å². The largest absolute Gasteiger partial charge is 0.378 e. The van der Waals surface area contributed by atoms with Crippen LogP contribution in [0.1, 0.15) is 15.2 Å². The van der Waals surface area contributed by atoms with Crippen molar-refractivity contribution in [1.82, 2.24) is 0 Å². The molecule has 1 amide bonds. The monoisotopic (exact) mass is 302 g/mol. The lowest BCUT2D eigenvalue weighted by atomic mass is 10.2. The highest BCUT2D eigenvalue weighted by atomic mass is 32.1. The van der Waals surface area contributed by atoms with Gasteiger partial charge in [-0.2, -0.15) is 0 Å². The van der Waals surface area contributed by atoms with E-state index < -0.39 is 0 Å². The van der Waals surface area contributed by atoms with Crippen LogP contribution in [0.4, 0.5) is 11.4 Å². The fourth-order valence-electron chi connectivity index (χ4n) is 2.39. The topological polar surface area (TPSA) is 41.6 Å². The maximum absolute atomic E-state index is 12.3. The van der Waals surface area contributed by atoms with Gasteiger partial charge in [0.15, 0.2) is 0 Å². The molecule has 1 aromatic carbocycles. The number of benzene rings is 1. The molecule has 2 heterocycles. The molecule has 1 aromatic heterocycles. The van der Waals surface area contributed by atoms with Crippen molar-refractivity contribution in [3.8, 4) is 0 Å². The van der Waals surface area contributed by atoms with Gasteiger partial charge in [-0.3, -0.25) is 4.79 Å². The predicted molar refractivity (Wildman–Crippen MR) is 86.5 cm³/mol. The standard InChI is InChI=1S/C16H18N2O2S/c1-12-10-15(21-11-12)16(19)17-13-4-2-3-5-14(13)18-6-8-20-9-7-18/h2-5,10-11H,6-9H2,1H3,(H,17,19). The number of amides is 1. The maximum Gasteiger partial charge on any atom is 0.265 e. The molecular formula is C16H18N2O2S. The lowest BCUT2D eigenvalue weighted by molar-refractivity contribution is 0.103. The van der Waals surface area contributed by atoms with E-state index in [0.717, 1.165) is 48.1 Å². The van der Waals surface area contributed by atoms with Crippen LogP contribution in [0.15, 0.2) is 35.7 Å². The first kappa shape index (κ1) is 14.1. The minimum absolute atomic E-state index is 0.0474. The number of hydrogen-bond donors (Lipinski definition) is 1. The number of anilines is 2. The Morgan fingerprint density at radius 1 is 1.29 bits per heavy atom. The van der Waals surface area contributed by atoms with E-state index >= 15 is 0 Å². The number of nitrogens with zero attached hydrogens (tertiary/aromatic N) is 1. The van der Waals surface area contributed by atoms with E-state index in [1.165, 1.54) is 11.3 Å². The van der Waals surface area contributed by atoms with Crippen LogP contribution in [0, 0.1) is 6.92 Å². The zero-order valence-electron chi connectivity index (χ0n) is 12.0. The molecule has 0 unspecified atom stereocenters. The second-order valence-electron chi connectivity index (χ2n) is 5.06. The third kappa shape index (κ3) is 3.25. The highest BCUT2D eigenvalue weighted by Crippen LogP contribution is 2.27. The number of nitrogens with one attached hydrogen (secondary N) is 1. The average molecular weight is 302 g/mol. The molecule has 1 fully saturated rings. The summed E-state index contributed by atoms with van der Waals surface area (Å²) in [4.78, 5) is 15.3. The SMILES string of the molecule is Cc1csc(C(=O)Nc2ccccc2N2CCOCC2)c1. The summed E-state index contributed by atoms with van der Waals surface area (Å²) < 4.78 is 5.39. The van der Waals surface area contributed by atoms with Gasteiger partial charge in [0.1, 0.15) is 0 Å². The fraction of sp³-hybridized carbons (Fsp3) is 0.312. The Morgan fingerprint density at radius 2 is 2.05 bits per heavy atom. The quantitative estimate of drug-likeness (QED) is 0.947. The zero-order valence-corrected chi connectivity index (χ0v) is 12.8. The third-order valence-corrected chi connectivity index (χ3v) is 4.51. The first-order valence-corrected chi connectivity index (χ1v) is 7.90. The number of rotatable bonds is 3. The van der Waals surface area contributed by atoms with Gasteiger partial charge in [-0.15, -0.1) is 11.3 Å². The molecule has 1 saturated heterocycles. The minimum atomic E-state index is -0.0474. The van der Waals surface area contributed by atoms with Crippen LogP contribution in [0.5, 0.6) is 0 Å². The van der Waals surface area contributed by atoms with Crippen LogP contribution in [0.25, 0.3) is 0 Å². The number of aryl methyl sites for hydroxylation is 1. The lowest BCUT2D eigenvalue weighted by Gasteiger charge is -2.30. The molecule has 4 nitrogen and oxygen atoms in total. The van der Waals surface area contributed by atoms with Crippen molar-refractivity contribution in [2.75, 3.05) is 36.5 Å². The second-order valence-corrected chi connectivity index (χ2v) is 5.97. The molecule has 5 heteroatoms. The van der Waals surface area contributed by atoms with Crippen LogP contribution in [-0.4, -0.2) is 32.2 Å². The summed E-state index contributed by atoms with van der Waals surface area (Å²) in [6, 6.07) is 9.84. The molecule has 1 aliphatic heterocycles. The van der Waals surface area contributed by atoms with E-state index in [1.54, 1.807) is 0 Å². The first-order valence-electron chi connectivity index (χ1n) is 7.02. The van der Waals surface area contributed by atoms with Crippen molar-refractivity contribution in [2.24, 2.45) is 0 Å². The Morgan fingerprint density at radius 3 is 2.76 bits per heavy atom. The summed E-state index contributed by atoms with van der Waals surface area (Å²) in [5, 5.41) is 5.02. The van der Waals surface area contributed by atoms with Gasteiger partial charge in [0.25, 0.3) is 5.91 Å². The number of para-hydroxylation sites is 2. The number of ether oxygens (including phenoxy) is 1. The van der Waals surface area contributed by atoms with Gasteiger partial charge in [-0.25, -0.2) is 0 Å². The summed E-state index contributed by atoms with van der Waals surface area (Å²) >= 11 is 1.47. The number of hydrogen-bond acceptors (Lipinski definition) is 4. The third-order valence-electron chi connectivity index (χ3n) is 3.46. The molecule has 0 spiro atoms. The smallest absolute Gasteiger partial charge is 0.265 e. The van der Waals surface area contributed by atoms with Gasteiger partial charge in [0.05, 0.1) is 29.5 Å². The molecular weight excluding hydrogens is 284 g/mol. The van der Waals surface area contributed by atoms with Crippen LogP contribution in [0.3, 0.4) is 0 Å². The molecule has 1 aliphatic rings. The average Bonchev–Trinajstić information content (AvgIpc) is 2.95. The van der Waals surface area contributed by atoms with Crippen LogP contribution >= 0.6 is 11.3 Å². The van der Waals surface area contributed by atoms with Gasteiger partial charge in [-0.05, 0) is 36.1 Å². The molecule has 0 aliphatic carbocycles. The van der Waals surface area contributed by atoms with Crippen LogP contribution in [-0.2, 0) is 4.74 Å². The van der Waals surface area contributed by atoms with Gasteiger partial charge in [0, 0.05) is 13.1 Å². The fourth-order valence-corrected chi connectivity index (χ4v) is 3.19.